The fourth-order valence-corrected chi connectivity index (χ4v) is 4.12. The van der Waals surface area contributed by atoms with E-state index in [4.69, 9.17) is 0 Å². The van der Waals surface area contributed by atoms with E-state index in [1.807, 2.05) is 42.2 Å². The molecule has 0 aliphatic carbocycles. The van der Waals surface area contributed by atoms with Crippen LogP contribution in [0.1, 0.15) is 46.1 Å². The van der Waals surface area contributed by atoms with Crippen LogP contribution in [0.4, 0.5) is 13.2 Å². The lowest BCUT2D eigenvalue weighted by molar-refractivity contribution is -0.137. The molecule has 1 atom stereocenters. The fraction of sp³-hybridized carbons (Fsp3) is 0.320. The van der Waals surface area contributed by atoms with Crippen molar-refractivity contribution >= 4 is 5.91 Å². The lowest BCUT2D eigenvalue weighted by Gasteiger charge is -2.17. The summed E-state index contributed by atoms with van der Waals surface area (Å²) in [4.78, 5) is 23.4. The van der Waals surface area contributed by atoms with Gasteiger partial charge in [-0.3, -0.25) is 14.8 Å². The molecule has 4 nitrogen and oxygen atoms in total. The van der Waals surface area contributed by atoms with E-state index in [1.54, 1.807) is 6.20 Å². The summed E-state index contributed by atoms with van der Waals surface area (Å²) >= 11 is 0. The Labute approximate surface area is 185 Å². The monoisotopic (exact) mass is 439 g/mol. The molecule has 0 spiro atoms. The number of carbonyl (C=O) groups is 1. The molecule has 166 valence electrons. The Morgan fingerprint density at radius 3 is 2.56 bits per heavy atom. The highest BCUT2D eigenvalue weighted by molar-refractivity contribution is 5.78. The molecule has 3 aromatic rings. The summed E-state index contributed by atoms with van der Waals surface area (Å²) in [6.45, 7) is 3.21. The number of carbonyl (C=O) groups excluding carboxylic acids is 1. The van der Waals surface area contributed by atoms with E-state index in [1.165, 1.54) is 12.1 Å². The fourth-order valence-electron chi connectivity index (χ4n) is 4.12. The maximum atomic E-state index is 12.8. The number of benzene rings is 1. The number of rotatable bonds is 5. The lowest BCUT2D eigenvalue weighted by Crippen LogP contribution is -2.30. The third-order valence-electron chi connectivity index (χ3n) is 5.74. The number of hydrogen-bond donors (Lipinski definition) is 0. The summed E-state index contributed by atoms with van der Waals surface area (Å²) in [6, 6.07) is 14.8. The van der Waals surface area contributed by atoms with E-state index in [0.29, 0.717) is 19.5 Å². The van der Waals surface area contributed by atoms with Crippen LogP contribution in [0.3, 0.4) is 0 Å². The van der Waals surface area contributed by atoms with E-state index in [-0.39, 0.29) is 18.2 Å². The molecule has 32 heavy (non-hydrogen) atoms. The number of aryl methyl sites for hydroxylation is 1. The largest absolute Gasteiger partial charge is 0.416 e. The second-order valence-electron chi connectivity index (χ2n) is 8.24. The number of aromatic nitrogens is 2. The van der Waals surface area contributed by atoms with Gasteiger partial charge in [-0.2, -0.15) is 13.2 Å². The normalized spacial score (nSPS) is 16.4. The summed E-state index contributed by atoms with van der Waals surface area (Å²) in [5.74, 6) is 0.206. The van der Waals surface area contributed by atoms with Crippen LogP contribution < -0.4 is 0 Å². The third-order valence-corrected chi connectivity index (χ3v) is 5.74. The Morgan fingerprint density at radius 1 is 1.09 bits per heavy atom. The van der Waals surface area contributed by atoms with Crippen molar-refractivity contribution in [3.63, 3.8) is 0 Å². The van der Waals surface area contributed by atoms with Crippen molar-refractivity contribution in [3.05, 3.63) is 94.6 Å². The Morgan fingerprint density at radius 2 is 1.88 bits per heavy atom. The number of likely N-dealkylation sites (tertiary alicyclic amines) is 1. The molecule has 1 saturated heterocycles. The van der Waals surface area contributed by atoms with Gasteiger partial charge in [0.1, 0.15) is 0 Å². The van der Waals surface area contributed by atoms with E-state index in [0.717, 1.165) is 46.8 Å². The van der Waals surface area contributed by atoms with Gasteiger partial charge in [-0.05, 0) is 67.3 Å². The van der Waals surface area contributed by atoms with Gasteiger partial charge in [0.15, 0.2) is 0 Å². The molecule has 1 aliphatic heterocycles. The number of hydrogen-bond acceptors (Lipinski definition) is 3. The SMILES string of the molecule is Cc1cc(Cc2ccc(C(F)(F)F)cc2)cc([C@@H]2CCN(C(=O)Cc3ccccn3)C2)n1. The highest BCUT2D eigenvalue weighted by atomic mass is 19.4. The van der Waals surface area contributed by atoms with Gasteiger partial charge < -0.3 is 4.90 Å². The predicted octanol–water partition coefficient (Wildman–Crippen LogP) is 4.95. The summed E-state index contributed by atoms with van der Waals surface area (Å²) in [5, 5.41) is 0. The molecule has 0 unspecified atom stereocenters. The summed E-state index contributed by atoms with van der Waals surface area (Å²) < 4.78 is 38.4. The maximum Gasteiger partial charge on any atom is 0.416 e. The van der Waals surface area contributed by atoms with E-state index >= 15 is 0 Å². The van der Waals surface area contributed by atoms with Crippen LogP contribution in [-0.2, 0) is 23.8 Å². The standard InChI is InChI=1S/C25H24F3N3O/c1-17-12-19(13-18-5-7-21(8-6-18)25(26,27)28)14-23(30-17)20-9-11-31(16-20)24(32)15-22-4-2-3-10-29-22/h2-8,10,12,14,20H,9,11,13,15-16H2,1H3/t20-/m1/s1. The van der Waals surface area contributed by atoms with Gasteiger partial charge in [-0.1, -0.05) is 18.2 Å². The van der Waals surface area contributed by atoms with Gasteiger partial charge in [0, 0.05) is 42.3 Å². The van der Waals surface area contributed by atoms with Gasteiger partial charge in [0.05, 0.1) is 12.0 Å². The van der Waals surface area contributed by atoms with Gasteiger partial charge in [-0.15, -0.1) is 0 Å². The molecule has 0 radical (unpaired) electrons. The number of amides is 1. The second-order valence-corrected chi connectivity index (χ2v) is 8.24. The number of pyridine rings is 2. The smallest absolute Gasteiger partial charge is 0.342 e. The molecule has 1 aromatic carbocycles. The van der Waals surface area contributed by atoms with Crippen LogP contribution in [-0.4, -0.2) is 33.9 Å². The molecule has 1 aliphatic rings. The van der Waals surface area contributed by atoms with E-state index in [9.17, 15) is 18.0 Å². The predicted molar refractivity (Wildman–Crippen MR) is 115 cm³/mol. The zero-order valence-corrected chi connectivity index (χ0v) is 17.8. The Balaban J connectivity index is 1.43. The Kier molecular flexibility index (Phi) is 6.26. The third kappa shape index (κ3) is 5.33. The van der Waals surface area contributed by atoms with Crippen molar-refractivity contribution < 1.29 is 18.0 Å². The minimum Gasteiger partial charge on any atom is -0.342 e. The van der Waals surface area contributed by atoms with Crippen molar-refractivity contribution in [1.82, 2.24) is 14.9 Å². The molecule has 4 rings (SSSR count). The van der Waals surface area contributed by atoms with Crippen molar-refractivity contribution in [3.8, 4) is 0 Å². The molecule has 7 heteroatoms. The quantitative estimate of drug-likeness (QED) is 0.565. The lowest BCUT2D eigenvalue weighted by atomic mass is 9.98. The van der Waals surface area contributed by atoms with Crippen molar-refractivity contribution in [2.24, 2.45) is 0 Å². The number of alkyl halides is 3. The summed E-state index contributed by atoms with van der Waals surface area (Å²) in [7, 11) is 0. The molecular weight excluding hydrogens is 415 g/mol. The maximum absolute atomic E-state index is 12.8. The molecule has 0 saturated carbocycles. The summed E-state index contributed by atoms with van der Waals surface area (Å²) in [6.07, 6.45) is -0.993. The molecule has 1 fully saturated rings. The van der Waals surface area contributed by atoms with Crippen molar-refractivity contribution in [2.75, 3.05) is 13.1 Å². The highest BCUT2D eigenvalue weighted by Gasteiger charge is 2.30. The average molecular weight is 439 g/mol. The molecule has 0 bridgehead atoms. The minimum atomic E-state index is -4.33. The Hall–Kier alpha value is -3.22. The van der Waals surface area contributed by atoms with Gasteiger partial charge in [0.2, 0.25) is 5.91 Å². The van der Waals surface area contributed by atoms with E-state index < -0.39 is 11.7 Å². The molecule has 2 aromatic heterocycles. The topological polar surface area (TPSA) is 46.1 Å². The first-order valence-electron chi connectivity index (χ1n) is 10.6. The van der Waals surface area contributed by atoms with Gasteiger partial charge in [-0.25, -0.2) is 0 Å². The first-order chi connectivity index (χ1) is 15.3. The van der Waals surface area contributed by atoms with Crippen molar-refractivity contribution in [2.45, 2.75) is 38.3 Å². The first kappa shape index (κ1) is 22.0. The summed E-state index contributed by atoms with van der Waals surface area (Å²) in [5.41, 5.74) is 3.73. The molecule has 1 amide bonds. The minimum absolute atomic E-state index is 0.0591. The highest BCUT2D eigenvalue weighted by Crippen LogP contribution is 2.30. The van der Waals surface area contributed by atoms with Crippen LogP contribution >= 0.6 is 0 Å². The zero-order chi connectivity index (χ0) is 22.7. The van der Waals surface area contributed by atoms with Crippen molar-refractivity contribution in [1.29, 1.82) is 0 Å². The number of nitrogens with zero attached hydrogens (tertiary/aromatic N) is 3. The van der Waals surface area contributed by atoms with Crippen LogP contribution in [0.5, 0.6) is 0 Å². The second kappa shape index (κ2) is 9.10. The van der Waals surface area contributed by atoms with E-state index in [2.05, 4.69) is 9.97 Å². The van der Waals surface area contributed by atoms with Crippen LogP contribution in [0.25, 0.3) is 0 Å². The van der Waals surface area contributed by atoms with Gasteiger partial charge >= 0.3 is 6.18 Å². The molecule has 3 heterocycles. The number of halogens is 3. The van der Waals surface area contributed by atoms with Gasteiger partial charge in [0.25, 0.3) is 0 Å². The van der Waals surface area contributed by atoms with Crippen LogP contribution in [0, 0.1) is 6.92 Å². The van der Waals surface area contributed by atoms with Crippen LogP contribution in [0.2, 0.25) is 0 Å². The average Bonchev–Trinajstić information content (AvgIpc) is 3.24. The van der Waals surface area contributed by atoms with Crippen LogP contribution in [0.15, 0.2) is 60.8 Å². The molecular formula is C25H24F3N3O. The molecule has 0 N–H and O–H groups in total. The zero-order valence-electron chi connectivity index (χ0n) is 17.8. The Bertz CT molecular complexity index is 1080. The first-order valence-corrected chi connectivity index (χ1v) is 10.6.